The van der Waals surface area contributed by atoms with E-state index in [-0.39, 0.29) is 0 Å². The van der Waals surface area contributed by atoms with E-state index in [4.69, 9.17) is 4.74 Å². The van der Waals surface area contributed by atoms with E-state index in [0.29, 0.717) is 12.0 Å². The molecule has 20 heavy (non-hydrogen) atoms. The summed E-state index contributed by atoms with van der Waals surface area (Å²) in [6.45, 7) is 5.72. The zero-order valence-corrected chi connectivity index (χ0v) is 12.0. The van der Waals surface area contributed by atoms with Gasteiger partial charge < -0.3 is 9.64 Å². The lowest BCUT2D eigenvalue weighted by molar-refractivity contribution is 0.0562. The third-order valence-electron chi connectivity index (χ3n) is 4.28. The lowest BCUT2D eigenvalue weighted by atomic mass is 10.1. The van der Waals surface area contributed by atoms with Crippen molar-refractivity contribution in [2.24, 2.45) is 5.92 Å². The second-order valence-corrected chi connectivity index (χ2v) is 5.98. The highest BCUT2D eigenvalue weighted by Crippen LogP contribution is 2.22. The van der Waals surface area contributed by atoms with Gasteiger partial charge >= 0.3 is 0 Å². The average molecular weight is 271 g/mol. The Morgan fingerprint density at radius 2 is 2.10 bits per heavy atom. The molecule has 2 bridgehead atoms. The first-order valence-corrected chi connectivity index (χ1v) is 7.24. The standard InChI is InChI=1S/C16H21N3O/c1-18-7-13-8-19(16(10-18)12-20-11-13)9-15-5-3-2-4-14(15)6-17/h2-5,13,16H,7-12H2,1H3/t13-,16-/m0/s1. The highest BCUT2D eigenvalue weighted by atomic mass is 16.5. The van der Waals surface area contributed by atoms with Gasteiger partial charge in [0.05, 0.1) is 24.8 Å². The maximum Gasteiger partial charge on any atom is 0.0995 e. The molecule has 2 heterocycles. The summed E-state index contributed by atoms with van der Waals surface area (Å²) in [5.74, 6) is 0.571. The number of rotatable bonds is 2. The highest BCUT2D eigenvalue weighted by Gasteiger charge is 2.32. The number of fused-ring (bicyclic) bond motifs is 3. The number of nitriles is 1. The molecule has 0 saturated carbocycles. The molecule has 2 fully saturated rings. The maximum atomic E-state index is 9.23. The van der Waals surface area contributed by atoms with Gasteiger partial charge in [0.15, 0.2) is 0 Å². The molecule has 0 N–H and O–H groups in total. The molecule has 0 amide bonds. The van der Waals surface area contributed by atoms with Crippen LogP contribution < -0.4 is 0 Å². The van der Waals surface area contributed by atoms with E-state index in [9.17, 15) is 5.26 Å². The van der Waals surface area contributed by atoms with E-state index in [1.807, 2.05) is 18.2 Å². The minimum atomic E-state index is 0.430. The Labute approximate surface area is 120 Å². The van der Waals surface area contributed by atoms with Crippen LogP contribution in [0.15, 0.2) is 24.3 Å². The van der Waals surface area contributed by atoms with Crippen LogP contribution in [-0.4, -0.2) is 55.7 Å². The number of ether oxygens (including phenoxy) is 1. The van der Waals surface area contributed by atoms with E-state index in [0.717, 1.165) is 50.5 Å². The summed E-state index contributed by atoms with van der Waals surface area (Å²) in [7, 11) is 2.19. The first-order chi connectivity index (χ1) is 9.76. The predicted molar refractivity (Wildman–Crippen MR) is 77.2 cm³/mol. The van der Waals surface area contributed by atoms with Crippen molar-refractivity contribution in [3.05, 3.63) is 35.4 Å². The first kappa shape index (κ1) is 13.6. The van der Waals surface area contributed by atoms with Gasteiger partial charge in [-0.2, -0.15) is 5.26 Å². The molecule has 1 aromatic carbocycles. The fourth-order valence-electron chi connectivity index (χ4n) is 3.34. The molecule has 0 aliphatic carbocycles. The summed E-state index contributed by atoms with van der Waals surface area (Å²) in [6.07, 6.45) is 0. The zero-order chi connectivity index (χ0) is 13.9. The van der Waals surface area contributed by atoms with E-state index < -0.39 is 0 Å². The third-order valence-corrected chi connectivity index (χ3v) is 4.28. The second kappa shape index (κ2) is 5.92. The Morgan fingerprint density at radius 1 is 1.25 bits per heavy atom. The van der Waals surface area contributed by atoms with E-state index >= 15 is 0 Å². The molecule has 0 spiro atoms. The molecule has 4 heteroatoms. The minimum absolute atomic E-state index is 0.430. The maximum absolute atomic E-state index is 9.23. The van der Waals surface area contributed by atoms with Gasteiger partial charge in [0, 0.05) is 38.1 Å². The van der Waals surface area contributed by atoms with Gasteiger partial charge in [0.25, 0.3) is 0 Å². The second-order valence-electron chi connectivity index (χ2n) is 5.98. The molecule has 2 atom stereocenters. The molecule has 0 unspecified atom stereocenters. The van der Waals surface area contributed by atoms with Crippen molar-refractivity contribution in [3.8, 4) is 6.07 Å². The SMILES string of the molecule is CN1C[C@@H]2COC[C@H](C1)N(Cc1ccccc1C#N)C2. The summed E-state index contributed by atoms with van der Waals surface area (Å²) in [6, 6.07) is 10.6. The Bertz CT molecular complexity index is 511. The van der Waals surface area contributed by atoms with Crippen LogP contribution in [0.5, 0.6) is 0 Å². The molecule has 2 aliphatic heterocycles. The van der Waals surface area contributed by atoms with Crippen molar-refractivity contribution in [2.45, 2.75) is 12.6 Å². The smallest absolute Gasteiger partial charge is 0.0995 e. The average Bonchev–Trinajstić information content (AvgIpc) is 2.69. The largest absolute Gasteiger partial charge is 0.379 e. The van der Waals surface area contributed by atoms with Crippen LogP contribution in [0.25, 0.3) is 0 Å². The van der Waals surface area contributed by atoms with Gasteiger partial charge in [-0.1, -0.05) is 18.2 Å². The van der Waals surface area contributed by atoms with Crippen LogP contribution in [0.4, 0.5) is 0 Å². The van der Waals surface area contributed by atoms with Crippen LogP contribution in [-0.2, 0) is 11.3 Å². The molecule has 0 aromatic heterocycles. The Morgan fingerprint density at radius 3 is 2.95 bits per heavy atom. The topological polar surface area (TPSA) is 39.5 Å². The van der Waals surface area contributed by atoms with Gasteiger partial charge in [-0.25, -0.2) is 0 Å². The van der Waals surface area contributed by atoms with Crippen LogP contribution in [0.3, 0.4) is 0 Å². The van der Waals surface area contributed by atoms with Crippen molar-refractivity contribution in [1.29, 1.82) is 5.26 Å². The van der Waals surface area contributed by atoms with Crippen molar-refractivity contribution >= 4 is 0 Å². The molecule has 1 aromatic rings. The van der Waals surface area contributed by atoms with Crippen molar-refractivity contribution in [3.63, 3.8) is 0 Å². The highest BCUT2D eigenvalue weighted by molar-refractivity contribution is 5.37. The summed E-state index contributed by atoms with van der Waals surface area (Å²) >= 11 is 0. The number of likely N-dealkylation sites (N-methyl/N-ethyl adjacent to an activating group) is 1. The molecular weight excluding hydrogens is 250 g/mol. The van der Waals surface area contributed by atoms with Crippen LogP contribution in [0.2, 0.25) is 0 Å². The molecule has 2 saturated heterocycles. The van der Waals surface area contributed by atoms with Gasteiger partial charge in [-0.05, 0) is 18.7 Å². The van der Waals surface area contributed by atoms with Gasteiger partial charge in [-0.3, -0.25) is 4.90 Å². The number of nitrogens with zero attached hydrogens (tertiary/aromatic N) is 3. The summed E-state index contributed by atoms with van der Waals surface area (Å²) in [5, 5.41) is 9.23. The van der Waals surface area contributed by atoms with Crippen LogP contribution >= 0.6 is 0 Å². The number of hydrogen-bond acceptors (Lipinski definition) is 4. The van der Waals surface area contributed by atoms with Crippen molar-refractivity contribution in [1.82, 2.24) is 9.80 Å². The van der Waals surface area contributed by atoms with E-state index in [1.54, 1.807) is 0 Å². The Hall–Kier alpha value is -1.41. The van der Waals surface area contributed by atoms with Crippen molar-refractivity contribution < 1.29 is 4.74 Å². The van der Waals surface area contributed by atoms with Crippen molar-refractivity contribution in [2.75, 3.05) is 39.9 Å². The molecule has 0 radical (unpaired) electrons. The summed E-state index contributed by atoms with van der Waals surface area (Å²) in [5.41, 5.74) is 1.92. The van der Waals surface area contributed by atoms with Gasteiger partial charge in [-0.15, -0.1) is 0 Å². The molecule has 4 nitrogen and oxygen atoms in total. The number of hydrogen-bond donors (Lipinski definition) is 0. The molecular formula is C16H21N3O. The fraction of sp³-hybridized carbons (Fsp3) is 0.562. The lowest BCUT2D eigenvalue weighted by Crippen LogP contribution is -2.42. The molecule has 106 valence electrons. The third kappa shape index (κ3) is 2.85. The Balaban J connectivity index is 1.81. The monoisotopic (exact) mass is 271 g/mol. The predicted octanol–water partition coefficient (Wildman–Crippen LogP) is 1.32. The zero-order valence-electron chi connectivity index (χ0n) is 12.0. The number of benzene rings is 1. The van der Waals surface area contributed by atoms with E-state index in [1.165, 1.54) is 0 Å². The summed E-state index contributed by atoms with van der Waals surface area (Å²) < 4.78 is 5.80. The summed E-state index contributed by atoms with van der Waals surface area (Å²) in [4.78, 5) is 4.91. The normalized spacial score (nSPS) is 27.8. The Kier molecular flexibility index (Phi) is 4.02. The van der Waals surface area contributed by atoms with Crippen LogP contribution in [0.1, 0.15) is 11.1 Å². The first-order valence-electron chi connectivity index (χ1n) is 7.24. The van der Waals surface area contributed by atoms with Crippen LogP contribution in [0, 0.1) is 17.2 Å². The van der Waals surface area contributed by atoms with Gasteiger partial charge in [0.2, 0.25) is 0 Å². The molecule has 2 aliphatic rings. The molecule has 3 rings (SSSR count). The lowest BCUT2D eigenvalue weighted by Gasteiger charge is -2.29. The van der Waals surface area contributed by atoms with E-state index in [2.05, 4.69) is 29.0 Å². The fourth-order valence-corrected chi connectivity index (χ4v) is 3.34. The van der Waals surface area contributed by atoms with Gasteiger partial charge in [0.1, 0.15) is 0 Å². The quantitative estimate of drug-likeness (QED) is 0.813. The minimum Gasteiger partial charge on any atom is -0.379 e.